The van der Waals surface area contributed by atoms with Crippen molar-refractivity contribution in [3.05, 3.63) is 0 Å². The third-order valence-electron chi connectivity index (χ3n) is 2.89. The van der Waals surface area contributed by atoms with Crippen LogP contribution in [0.4, 0.5) is 0 Å². The number of aliphatic hydroxyl groups is 1. The first-order valence-corrected chi connectivity index (χ1v) is 4.88. The quantitative estimate of drug-likeness (QED) is 0.696. The van der Waals surface area contributed by atoms with Crippen LogP contribution in [0.25, 0.3) is 0 Å². The fourth-order valence-corrected chi connectivity index (χ4v) is 1.71. The number of hydrogen-bond acceptors (Lipinski definition) is 3. The van der Waals surface area contributed by atoms with Gasteiger partial charge in [-0.2, -0.15) is 5.26 Å². The summed E-state index contributed by atoms with van der Waals surface area (Å²) in [5.41, 5.74) is -0.483. The third-order valence-corrected chi connectivity index (χ3v) is 2.89. The van der Waals surface area contributed by atoms with Crippen LogP contribution in [0.15, 0.2) is 0 Å². The van der Waals surface area contributed by atoms with Gasteiger partial charge in [-0.25, -0.2) is 0 Å². The number of likely N-dealkylation sites (tertiary alicyclic amines) is 1. The van der Waals surface area contributed by atoms with E-state index >= 15 is 0 Å². The molecule has 74 valence electrons. The highest BCUT2D eigenvalue weighted by Crippen LogP contribution is 2.22. The van der Waals surface area contributed by atoms with Gasteiger partial charge in [-0.3, -0.25) is 4.90 Å². The predicted molar refractivity (Wildman–Crippen MR) is 51.1 cm³/mol. The van der Waals surface area contributed by atoms with Gasteiger partial charge in [0.2, 0.25) is 0 Å². The van der Waals surface area contributed by atoms with Crippen molar-refractivity contribution in [3.8, 4) is 6.07 Å². The lowest BCUT2D eigenvalue weighted by Gasteiger charge is -2.38. The molecule has 0 spiro atoms. The first-order valence-electron chi connectivity index (χ1n) is 4.88. The lowest BCUT2D eigenvalue weighted by Crippen LogP contribution is -2.45. The Morgan fingerprint density at radius 3 is 2.54 bits per heavy atom. The van der Waals surface area contributed by atoms with Crippen molar-refractivity contribution in [2.75, 3.05) is 13.1 Å². The molecular formula is C10H18N2O. The molecule has 1 aliphatic heterocycles. The summed E-state index contributed by atoms with van der Waals surface area (Å²) in [4.78, 5) is 2.28. The van der Waals surface area contributed by atoms with E-state index in [9.17, 15) is 5.11 Å². The summed E-state index contributed by atoms with van der Waals surface area (Å²) in [6, 6.07) is 2.52. The van der Waals surface area contributed by atoms with Crippen molar-refractivity contribution < 1.29 is 5.11 Å². The van der Waals surface area contributed by atoms with Crippen LogP contribution in [0.5, 0.6) is 0 Å². The van der Waals surface area contributed by atoms with Crippen LogP contribution < -0.4 is 0 Å². The summed E-state index contributed by atoms with van der Waals surface area (Å²) in [7, 11) is 0. The number of piperidine rings is 1. The van der Waals surface area contributed by atoms with Crippen molar-refractivity contribution in [2.45, 2.75) is 44.8 Å². The molecule has 0 aromatic carbocycles. The second-order valence-corrected chi connectivity index (χ2v) is 4.24. The Morgan fingerprint density at radius 2 is 2.08 bits per heavy atom. The molecule has 1 N–H and O–H groups in total. The molecule has 3 heteroatoms. The number of nitriles is 1. The predicted octanol–water partition coefficient (Wildman–Crippen LogP) is 1.14. The maximum atomic E-state index is 9.71. The number of rotatable bonds is 2. The van der Waals surface area contributed by atoms with Crippen molar-refractivity contribution in [3.63, 3.8) is 0 Å². The maximum Gasteiger partial charge on any atom is 0.0644 e. The SMILES string of the molecule is CC(CC#N)N1CCC(C)(O)CC1. The molecule has 0 saturated carbocycles. The Hall–Kier alpha value is -0.590. The van der Waals surface area contributed by atoms with Crippen LogP contribution in [0.2, 0.25) is 0 Å². The first-order chi connectivity index (χ1) is 6.05. The Bertz CT molecular complexity index is 197. The van der Waals surface area contributed by atoms with Crippen molar-refractivity contribution >= 4 is 0 Å². The molecule has 0 aliphatic carbocycles. The first kappa shape index (κ1) is 10.5. The van der Waals surface area contributed by atoms with E-state index in [1.807, 2.05) is 6.92 Å². The van der Waals surface area contributed by atoms with Gasteiger partial charge in [0.25, 0.3) is 0 Å². The molecule has 1 heterocycles. The van der Waals surface area contributed by atoms with Crippen molar-refractivity contribution in [1.29, 1.82) is 5.26 Å². The lowest BCUT2D eigenvalue weighted by atomic mass is 9.93. The Labute approximate surface area is 80.0 Å². The topological polar surface area (TPSA) is 47.3 Å². The van der Waals surface area contributed by atoms with Gasteiger partial charge < -0.3 is 5.11 Å². The van der Waals surface area contributed by atoms with Gasteiger partial charge in [0, 0.05) is 19.1 Å². The molecule has 13 heavy (non-hydrogen) atoms. The summed E-state index contributed by atoms with van der Waals surface area (Å²) in [5.74, 6) is 0. The highest BCUT2D eigenvalue weighted by atomic mass is 16.3. The van der Waals surface area contributed by atoms with E-state index in [2.05, 4.69) is 17.9 Å². The summed E-state index contributed by atoms with van der Waals surface area (Å²) >= 11 is 0. The van der Waals surface area contributed by atoms with Gasteiger partial charge in [-0.15, -0.1) is 0 Å². The number of nitrogens with zero attached hydrogens (tertiary/aromatic N) is 2. The van der Waals surface area contributed by atoms with Crippen LogP contribution in [0.3, 0.4) is 0 Å². The molecule has 1 atom stereocenters. The minimum atomic E-state index is -0.483. The van der Waals surface area contributed by atoms with Crippen molar-refractivity contribution in [2.24, 2.45) is 0 Å². The van der Waals surface area contributed by atoms with E-state index in [1.54, 1.807) is 0 Å². The van der Waals surface area contributed by atoms with Crippen LogP contribution in [0, 0.1) is 11.3 Å². The van der Waals surface area contributed by atoms with Crippen LogP contribution in [-0.4, -0.2) is 34.7 Å². The lowest BCUT2D eigenvalue weighted by molar-refractivity contribution is -0.0140. The molecule has 0 amide bonds. The van der Waals surface area contributed by atoms with Crippen LogP contribution in [-0.2, 0) is 0 Å². The van der Waals surface area contributed by atoms with E-state index in [0.717, 1.165) is 25.9 Å². The summed E-state index contributed by atoms with van der Waals surface area (Å²) in [5, 5.41) is 18.3. The van der Waals surface area contributed by atoms with E-state index in [4.69, 9.17) is 5.26 Å². The third kappa shape index (κ3) is 2.98. The zero-order chi connectivity index (χ0) is 9.90. The van der Waals surface area contributed by atoms with Crippen LogP contribution >= 0.6 is 0 Å². The molecule has 1 unspecified atom stereocenters. The van der Waals surface area contributed by atoms with Gasteiger partial charge in [-0.05, 0) is 26.7 Å². The average molecular weight is 182 g/mol. The number of hydrogen-bond donors (Lipinski definition) is 1. The smallest absolute Gasteiger partial charge is 0.0644 e. The zero-order valence-corrected chi connectivity index (χ0v) is 8.45. The Kier molecular flexibility index (Phi) is 3.29. The second kappa shape index (κ2) is 4.08. The molecule has 1 saturated heterocycles. The van der Waals surface area contributed by atoms with E-state index in [1.165, 1.54) is 0 Å². The molecule has 1 fully saturated rings. The monoisotopic (exact) mass is 182 g/mol. The largest absolute Gasteiger partial charge is 0.390 e. The highest BCUT2D eigenvalue weighted by molar-refractivity contribution is 4.86. The van der Waals surface area contributed by atoms with Crippen molar-refractivity contribution in [1.82, 2.24) is 4.90 Å². The summed E-state index contributed by atoms with van der Waals surface area (Å²) in [6.07, 6.45) is 2.23. The highest BCUT2D eigenvalue weighted by Gasteiger charge is 2.28. The molecule has 1 rings (SSSR count). The molecular weight excluding hydrogens is 164 g/mol. The van der Waals surface area contributed by atoms with Gasteiger partial charge in [0.1, 0.15) is 0 Å². The standard InChI is InChI=1S/C10H18N2O/c1-9(3-6-11)12-7-4-10(2,13)5-8-12/h9,13H,3-5,7-8H2,1-2H3. The van der Waals surface area contributed by atoms with Gasteiger partial charge in [0.05, 0.1) is 18.1 Å². The minimum Gasteiger partial charge on any atom is -0.390 e. The molecule has 0 aromatic heterocycles. The van der Waals surface area contributed by atoms with Gasteiger partial charge >= 0.3 is 0 Å². The average Bonchev–Trinajstić information content (AvgIpc) is 2.04. The molecule has 1 aliphatic rings. The fourth-order valence-electron chi connectivity index (χ4n) is 1.71. The molecule has 3 nitrogen and oxygen atoms in total. The normalized spacial score (nSPS) is 25.1. The zero-order valence-electron chi connectivity index (χ0n) is 8.45. The summed E-state index contributed by atoms with van der Waals surface area (Å²) < 4.78 is 0. The van der Waals surface area contributed by atoms with Gasteiger partial charge in [-0.1, -0.05) is 0 Å². The van der Waals surface area contributed by atoms with Gasteiger partial charge in [0.15, 0.2) is 0 Å². The Morgan fingerprint density at radius 1 is 1.54 bits per heavy atom. The van der Waals surface area contributed by atoms with E-state index in [0.29, 0.717) is 12.5 Å². The van der Waals surface area contributed by atoms with Crippen LogP contribution in [0.1, 0.15) is 33.1 Å². The van der Waals surface area contributed by atoms with E-state index < -0.39 is 5.60 Å². The fraction of sp³-hybridized carbons (Fsp3) is 0.900. The minimum absolute atomic E-state index is 0.334. The molecule has 0 radical (unpaired) electrons. The van der Waals surface area contributed by atoms with E-state index in [-0.39, 0.29) is 0 Å². The molecule has 0 bridgehead atoms. The second-order valence-electron chi connectivity index (χ2n) is 4.24. The molecule has 0 aromatic rings. The summed E-state index contributed by atoms with van der Waals surface area (Å²) in [6.45, 7) is 5.79. The maximum absolute atomic E-state index is 9.71. The Balaban J connectivity index is 2.37.